The zero-order valence-corrected chi connectivity index (χ0v) is 16.6. The number of aromatic nitrogens is 2. The van der Waals surface area contributed by atoms with Crippen molar-refractivity contribution in [2.45, 2.75) is 46.5 Å². The van der Waals surface area contributed by atoms with Gasteiger partial charge in [0.05, 0.1) is 12.1 Å². The third kappa shape index (κ3) is 5.61. The molecule has 5 heteroatoms. The minimum atomic E-state index is 0. The first kappa shape index (κ1) is 20.1. The van der Waals surface area contributed by atoms with Gasteiger partial charge in [0.1, 0.15) is 0 Å². The molecule has 0 N–H and O–H groups in total. The Morgan fingerprint density at radius 1 is 1.16 bits per heavy atom. The molecule has 0 radical (unpaired) electrons. The minimum Gasteiger partial charge on any atom is -0.477 e. The van der Waals surface area contributed by atoms with E-state index in [1.807, 2.05) is 35.0 Å². The maximum absolute atomic E-state index is 5.79. The van der Waals surface area contributed by atoms with Gasteiger partial charge in [-0.3, -0.25) is 0 Å². The molecule has 0 amide bonds. The zero-order valence-electron chi connectivity index (χ0n) is 15.8. The second-order valence-electron chi connectivity index (χ2n) is 8.09. The molecule has 1 fully saturated rings. The van der Waals surface area contributed by atoms with E-state index in [4.69, 9.17) is 4.74 Å². The van der Waals surface area contributed by atoms with Crippen LogP contribution >= 0.6 is 12.4 Å². The summed E-state index contributed by atoms with van der Waals surface area (Å²) in [5, 5.41) is 4.42. The molecule has 2 aromatic heterocycles. The SMILES string of the molecule is CC(C)(C)C1CCN(CCCCOc2cc3ccccn3n2)CC1.Cl. The number of hydrogen-bond donors (Lipinski definition) is 0. The van der Waals surface area contributed by atoms with Gasteiger partial charge in [-0.2, -0.15) is 0 Å². The van der Waals surface area contributed by atoms with Gasteiger partial charge in [0.25, 0.3) is 0 Å². The van der Waals surface area contributed by atoms with Crippen LogP contribution < -0.4 is 4.74 Å². The number of halogens is 1. The number of hydrogen-bond acceptors (Lipinski definition) is 3. The Balaban J connectivity index is 0.00000225. The molecule has 1 aliphatic rings. The molecule has 140 valence electrons. The van der Waals surface area contributed by atoms with Crippen LogP contribution in [0, 0.1) is 11.3 Å². The molecular formula is C20H32ClN3O. The lowest BCUT2D eigenvalue weighted by Crippen LogP contribution is -2.38. The van der Waals surface area contributed by atoms with Gasteiger partial charge < -0.3 is 9.64 Å². The summed E-state index contributed by atoms with van der Waals surface area (Å²) < 4.78 is 7.65. The molecule has 0 spiro atoms. The highest BCUT2D eigenvalue weighted by Gasteiger charge is 2.28. The largest absolute Gasteiger partial charge is 0.477 e. The van der Waals surface area contributed by atoms with Crippen LogP contribution in [0.15, 0.2) is 30.5 Å². The van der Waals surface area contributed by atoms with Gasteiger partial charge in [-0.25, -0.2) is 4.52 Å². The third-order valence-corrected chi connectivity index (χ3v) is 5.28. The summed E-state index contributed by atoms with van der Waals surface area (Å²) in [6, 6.07) is 8.04. The molecule has 2 aromatic rings. The Labute approximate surface area is 158 Å². The fraction of sp³-hybridized carbons (Fsp3) is 0.650. The van der Waals surface area contributed by atoms with Crippen LogP contribution in [0.5, 0.6) is 5.88 Å². The highest BCUT2D eigenvalue weighted by Crippen LogP contribution is 2.34. The highest BCUT2D eigenvalue weighted by molar-refractivity contribution is 5.85. The van der Waals surface area contributed by atoms with Crippen molar-refractivity contribution in [1.82, 2.24) is 14.5 Å². The van der Waals surface area contributed by atoms with Crippen LogP contribution in [0.4, 0.5) is 0 Å². The molecule has 3 rings (SSSR count). The minimum absolute atomic E-state index is 0. The van der Waals surface area contributed by atoms with Crippen molar-refractivity contribution in [1.29, 1.82) is 0 Å². The lowest BCUT2D eigenvalue weighted by Gasteiger charge is -2.38. The number of nitrogens with zero attached hydrogens (tertiary/aromatic N) is 3. The average molecular weight is 366 g/mol. The van der Waals surface area contributed by atoms with Crippen molar-refractivity contribution >= 4 is 17.9 Å². The van der Waals surface area contributed by atoms with Gasteiger partial charge in [-0.15, -0.1) is 17.5 Å². The van der Waals surface area contributed by atoms with E-state index >= 15 is 0 Å². The fourth-order valence-electron chi connectivity index (χ4n) is 3.62. The van der Waals surface area contributed by atoms with Gasteiger partial charge in [-0.1, -0.05) is 26.8 Å². The summed E-state index contributed by atoms with van der Waals surface area (Å²) >= 11 is 0. The first-order valence-corrected chi connectivity index (χ1v) is 9.32. The number of pyridine rings is 1. The summed E-state index contributed by atoms with van der Waals surface area (Å²) in [5.74, 6) is 1.61. The molecule has 1 aliphatic heterocycles. The van der Waals surface area contributed by atoms with E-state index in [1.165, 1.54) is 38.9 Å². The molecule has 0 aromatic carbocycles. The maximum Gasteiger partial charge on any atom is 0.233 e. The van der Waals surface area contributed by atoms with Gasteiger partial charge >= 0.3 is 0 Å². The Morgan fingerprint density at radius 2 is 1.92 bits per heavy atom. The van der Waals surface area contributed by atoms with E-state index in [-0.39, 0.29) is 12.4 Å². The molecule has 3 heterocycles. The highest BCUT2D eigenvalue weighted by atomic mass is 35.5. The number of ether oxygens (including phenoxy) is 1. The van der Waals surface area contributed by atoms with Crippen molar-refractivity contribution in [3.05, 3.63) is 30.5 Å². The van der Waals surface area contributed by atoms with Crippen molar-refractivity contribution in [3.8, 4) is 5.88 Å². The summed E-state index contributed by atoms with van der Waals surface area (Å²) in [7, 11) is 0. The molecule has 0 unspecified atom stereocenters. The monoisotopic (exact) mass is 365 g/mol. The van der Waals surface area contributed by atoms with Crippen LogP contribution in [-0.2, 0) is 0 Å². The van der Waals surface area contributed by atoms with Crippen molar-refractivity contribution in [3.63, 3.8) is 0 Å². The molecule has 0 aliphatic carbocycles. The molecule has 25 heavy (non-hydrogen) atoms. The molecule has 0 bridgehead atoms. The lowest BCUT2D eigenvalue weighted by molar-refractivity contribution is 0.110. The Kier molecular flexibility index (Phi) is 7.14. The second kappa shape index (κ2) is 8.91. The van der Waals surface area contributed by atoms with Gasteiger partial charge in [0.15, 0.2) is 0 Å². The van der Waals surface area contributed by atoms with E-state index < -0.39 is 0 Å². The van der Waals surface area contributed by atoms with Crippen LogP contribution in [0.25, 0.3) is 5.52 Å². The second-order valence-corrected chi connectivity index (χ2v) is 8.09. The normalized spacial score (nSPS) is 16.8. The molecule has 0 atom stereocenters. The van der Waals surface area contributed by atoms with Crippen LogP contribution in [0.3, 0.4) is 0 Å². The summed E-state index contributed by atoms with van der Waals surface area (Å²) in [6.45, 7) is 11.6. The van der Waals surface area contributed by atoms with Gasteiger partial charge in [-0.05, 0) is 68.8 Å². The molecule has 1 saturated heterocycles. The Hall–Kier alpha value is -1.26. The van der Waals surface area contributed by atoms with Crippen molar-refractivity contribution in [2.75, 3.05) is 26.2 Å². The predicted molar refractivity (Wildman–Crippen MR) is 106 cm³/mol. The standard InChI is InChI=1S/C20H31N3O.ClH/c1-20(2,3)17-9-13-22(14-10-17)11-6-7-15-24-19-16-18-8-4-5-12-23(18)21-19;/h4-5,8,12,16-17H,6-7,9-11,13-15H2,1-3H3;1H. The van der Waals surface area contributed by atoms with E-state index in [2.05, 4.69) is 30.8 Å². The van der Waals surface area contributed by atoms with E-state index in [0.29, 0.717) is 5.41 Å². The summed E-state index contributed by atoms with van der Waals surface area (Å²) in [5.41, 5.74) is 1.54. The van der Waals surface area contributed by atoms with Gasteiger partial charge in [0, 0.05) is 12.3 Å². The van der Waals surface area contributed by atoms with Crippen LogP contribution in [-0.4, -0.2) is 40.8 Å². The predicted octanol–water partition coefficient (Wildman–Crippen LogP) is 4.67. The lowest BCUT2D eigenvalue weighted by atomic mass is 9.75. The molecule has 4 nitrogen and oxygen atoms in total. The Morgan fingerprint density at radius 3 is 2.60 bits per heavy atom. The summed E-state index contributed by atoms with van der Waals surface area (Å²) in [6.07, 6.45) is 6.94. The first-order chi connectivity index (χ1) is 11.5. The topological polar surface area (TPSA) is 29.8 Å². The molecule has 0 saturated carbocycles. The fourth-order valence-corrected chi connectivity index (χ4v) is 3.62. The van der Waals surface area contributed by atoms with Crippen molar-refractivity contribution in [2.24, 2.45) is 11.3 Å². The van der Waals surface area contributed by atoms with Crippen LogP contribution in [0.1, 0.15) is 46.5 Å². The molecular weight excluding hydrogens is 334 g/mol. The van der Waals surface area contributed by atoms with E-state index in [1.54, 1.807) is 0 Å². The number of piperidine rings is 1. The van der Waals surface area contributed by atoms with Gasteiger partial charge in [0.2, 0.25) is 5.88 Å². The summed E-state index contributed by atoms with van der Waals surface area (Å²) in [4.78, 5) is 2.62. The first-order valence-electron chi connectivity index (χ1n) is 9.32. The number of rotatable bonds is 6. The smallest absolute Gasteiger partial charge is 0.233 e. The van der Waals surface area contributed by atoms with Crippen LogP contribution in [0.2, 0.25) is 0 Å². The quantitative estimate of drug-likeness (QED) is 0.696. The third-order valence-electron chi connectivity index (χ3n) is 5.28. The Bertz CT molecular complexity index is 609. The van der Waals surface area contributed by atoms with E-state index in [0.717, 1.165) is 30.3 Å². The van der Waals surface area contributed by atoms with Crippen molar-refractivity contribution < 1.29 is 4.74 Å². The zero-order chi connectivity index (χ0) is 17.0. The number of unbranched alkanes of at least 4 members (excludes halogenated alkanes) is 1. The van der Waals surface area contributed by atoms with E-state index in [9.17, 15) is 0 Å². The maximum atomic E-state index is 5.79. The average Bonchev–Trinajstić information content (AvgIpc) is 2.97. The number of likely N-dealkylation sites (tertiary alicyclic amines) is 1. The number of fused-ring (bicyclic) bond motifs is 1.